The van der Waals surface area contributed by atoms with Crippen molar-refractivity contribution in [1.82, 2.24) is 5.32 Å². The lowest BCUT2D eigenvalue weighted by atomic mass is 10.0. The summed E-state index contributed by atoms with van der Waals surface area (Å²) < 4.78 is 5.29. The molecule has 0 bridgehead atoms. The molecule has 146 valence electrons. The number of aryl methyl sites for hydroxylation is 2. The molecule has 1 aliphatic carbocycles. The number of hydrogen-bond donors (Lipinski definition) is 3. The van der Waals surface area contributed by atoms with Crippen LogP contribution in [0.15, 0.2) is 36.4 Å². The van der Waals surface area contributed by atoms with Gasteiger partial charge in [-0.3, -0.25) is 9.59 Å². The fourth-order valence-corrected chi connectivity index (χ4v) is 2.92. The molecular formula is C21H22N2O5. The van der Waals surface area contributed by atoms with Crippen LogP contribution in [-0.4, -0.2) is 35.5 Å². The van der Waals surface area contributed by atoms with Crippen molar-refractivity contribution in [3.63, 3.8) is 0 Å². The number of carbonyl (C=O) groups excluding carboxylic acids is 2. The highest BCUT2D eigenvalue weighted by molar-refractivity contribution is 6.09. The molecule has 0 radical (unpaired) electrons. The zero-order chi connectivity index (χ0) is 20.3. The summed E-state index contributed by atoms with van der Waals surface area (Å²) in [4.78, 5) is 35.8. The number of carboxylic acids is 1. The van der Waals surface area contributed by atoms with Crippen molar-refractivity contribution in [2.45, 2.75) is 32.7 Å². The van der Waals surface area contributed by atoms with E-state index < -0.39 is 12.6 Å². The Kier molecular flexibility index (Phi) is 5.63. The molecule has 0 spiro atoms. The Bertz CT molecular complexity index is 911. The van der Waals surface area contributed by atoms with E-state index >= 15 is 0 Å². The fraction of sp³-hybridized carbons (Fsp3) is 0.286. The quantitative estimate of drug-likeness (QED) is 0.683. The topological polar surface area (TPSA) is 105 Å². The van der Waals surface area contributed by atoms with Crippen molar-refractivity contribution in [2.24, 2.45) is 0 Å². The summed E-state index contributed by atoms with van der Waals surface area (Å²) in [6.45, 7) is 3.05. The number of para-hydroxylation sites is 1. The third-order valence-electron chi connectivity index (χ3n) is 4.39. The van der Waals surface area contributed by atoms with E-state index in [1.165, 1.54) is 0 Å². The van der Waals surface area contributed by atoms with Gasteiger partial charge in [0.05, 0.1) is 11.3 Å². The van der Waals surface area contributed by atoms with E-state index in [-0.39, 0.29) is 17.9 Å². The van der Waals surface area contributed by atoms with Gasteiger partial charge in [0, 0.05) is 11.6 Å². The van der Waals surface area contributed by atoms with Gasteiger partial charge in [-0.25, -0.2) is 4.79 Å². The minimum Gasteiger partial charge on any atom is -0.481 e. The Morgan fingerprint density at radius 2 is 1.71 bits per heavy atom. The number of carboxylic acid groups (broad SMARTS) is 1. The normalized spacial score (nSPS) is 12.9. The van der Waals surface area contributed by atoms with Gasteiger partial charge < -0.3 is 20.5 Å². The van der Waals surface area contributed by atoms with Crippen LogP contribution in [0.3, 0.4) is 0 Å². The van der Waals surface area contributed by atoms with Crippen LogP contribution in [0.4, 0.5) is 5.69 Å². The zero-order valence-corrected chi connectivity index (χ0v) is 15.7. The van der Waals surface area contributed by atoms with Crippen molar-refractivity contribution < 1.29 is 24.2 Å². The van der Waals surface area contributed by atoms with Crippen LogP contribution in [0, 0.1) is 13.8 Å². The Hall–Kier alpha value is -3.35. The number of ether oxygens (including phenoxy) is 1. The van der Waals surface area contributed by atoms with Crippen molar-refractivity contribution >= 4 is 23.5 Å². The summed E-state index contributed by atoms with van der Waals surface area (Å²) >= 11 is 0. The van der Waals surface area contributed by atoms with Crippen molar-refractivity contribution in [3.05, 3.63) is 58.7 Å². The van der Waals surface area contributed by atoms with E-state index in [0.29, 0.717) is 33.7 Å². The molecule has 0 aromatic heterocycles. The lowest BCUT2D eigenvalue weighted by Gasteiger charge is -2.14. The maximum absolute atomic E-state index is 12.7. The summed E-state index contributed by atoms with van der Waals surface area (Å²) in [6, 6.07) is 10.3. The van der Waals surface area contributed by atoms with Crippen molar-refractivity contribution in [2.75, 3.05) is 11.9 Å². The van der Waals surface area contributed by atoms with Crippen LogP contribution in [0.5, 0.6) is 5.75 Å². The third-order valence-corrected chi connectivity index (χ3v) is 4.39. The summed E-state index contributed by atoms with van der Waals surface area (Å²) in [7, 11) is 0. The van der Waals surface area contributed by atoms with Gasteiger partial charge in [0.2, 0.25) is 0 Å². The molecule has 7 heteroatoms. The van der Waals surface area contributed by atoms with E-state index in [4.69, 9.17) is 9.84 Å². The van der Waals surface area contributed by atoms with Crippen LogP contribution in [0.2, 0.25) is 0 Å². The molecule has 1 aliphatic rings. The molecule has 0 heterocycles. The van der Waals surface area contributed by atoms with Crippen LogP contribution < -0.4 is 15.4 Å². The number of rotatable bonds is 7. The first kappa shape index (κ1) is 19.4. The number of amides is 2. The molecule has 3 rings (SSSR count). The molecule has 2 amide bonds. The first-order valence-electron chi connectivity index (χ1n) is 9.02. The van der Waals surface area contributed by atoms with Gasteiger partial charge in [-0.2, -0.15) is 0 Å². The number of anilines is 1. The van der Waals surface area contributed by atoms with E-state index in [0.717, 1.165) is 12.8 Å². The van der Waals surface area contributed by atoms with Gasteiger partial charge in [0.15, 0.2) is 6.61 Å². The predicted octanol–water partition coefficient (Wildman–Crippen LogP) is 2.91. The highest BCUT2D eigenvalue weighted by atomic mass is 16.5. The Balaban J connectivity index is 1.78. The lowest BCUT2D eigenvalue weighted by Crippen LogP contribution is -2.27. The summed E-state index contributed by atoms with van der Waals surface area (Å²) in [5.41, 5.74) is 2.57. The molecule has 0 unspecified atom stereocenters. The minimum atomic E-state index is -1.07. The maximum atomic E-state index is 12.7. The average Bonchev–Trinajstić information content (AvgIpc) is 3.45. The Labute approximate surface area is 162 Å². The van der Waals surface area contributed by atoms with Gasteiger partial charge in [0.1, 0.15) is 5.75 Å². The van der Waals surface area contributed by atoms with Crippen molar-refractivity contribution in [3.8, 4) is 5.75 Å². The van der Waals surface area contributed by atoms with Gasteiger partial charge in [-0.1, -0.05) is 12.1 Å². The van der Waals surface area contributed by atoms with E-state index in [2.05, 4.69) is 10.6 Å². The average molecular weight is 382 g/mol. The summed E-state index contributed by atoms with van der Waals surface area (Å²) in [6.07, 6.45) is 1.96. The zero-order valence-electron chi connectivity index (χ0n) is 15.7. The fourth-order valence-electron chi connectivity index (χ4n) is 2.92. The van der Waals surface area contributed by atoms with Crippen molar-refractivity contribution in [1.29, 1.82) is 0 Å². The first-order chi connectivity index (χ1) is 13.3. The lowest BCUT2D eigenvalue weighted by molar-refractivity contribution is -0.139. The van der Waals surface area contributed by atoms with Crippen LogP contribution >= 0.6 is 0 Å². The van der Waals surface area contributed by atoms with E-state index in [1.54, 1.807) is 50.2 Å². The SMILES string of the molecule is Cc1cc(C(=O)Nc2ccccc2C(=O)NC2CC2)cc(C)c1OCC(=O)O. The second kappa shape index (κ2) is 8.12. The smallest absolute Gasteiger partial charge is 0.341 e. The van der Waals surface area contributed by atoms with E-state index in [9.17, 15) is 14.4 Å². The largest absolute Gasteiger partial charge is 0.481 e. The molecule has 3 N–H and O–H groups in total. The molecule has 2 aromatic rings. The Morgan fingerprint density at radius 1 is 1.07 bits per heavy atom. The van der Waals surface area contributed by atoms with Gasteiger partial charge >= 0.3 is 5.97 Å². The Morgan fingerprint density at radius 3 is 2.32 bits per heavy atom. The molecule has 1 saturated carbocycles. The van der Waals surface area contributed by atoms with Gasteiger partial charge in [-0.05, 0) is 62.1 Å². The first-order valence-corrected chi connectivity index (χ1v) is 9.02. The van der Waals surface area contributed by atoms with Crippen LogP contribution in [0.1, 0.15) is 44.7 Å². The second-order valence-electron chi connectivity index (χ2n) is 6.87. The molecule has 0 atom stereocenters. The van der Waals surface area contributed by atoms with E-state index in [1.807, 2.05) is 0 Å². The molecular weight excluding hydrogens is 360 g/mol. The number of carbonyl (C=O) groups is 3. The number of benzene rings is 2. The third kappa shape index (κ3) is 4.68. The second-order valence-corrected chi connectivity index (χ2v) is 6.87. The molecule has 2 aromatic carbocycles. The molecule has 0 aliphatic heterocycles. The standard InChI is InChI=1S/C21H22N2O5/c1-12-9-14(10-13(2)19(12)28-11-18(24)25)20(26)23-17-6-4-3-5-16(17)21(27)22-15-7-8-15/h3-6,9-10,15H,7-8,11H2,1-2H3,(H,22,27)(H,23,26)(H,24,25). The molecule has 1 fully saturated rings. The monoisotopic (exact) mass is 382 g/mol. The minimum absolute atomic E-state index is 0.205. The predicted molar refractivity (Wildman–Crippen MR) is 104 cm³/mol. The molecule has 28 heavy (non-hydrogen) atoms. The molecule has 0 saturated heterocycles. The van der Waals surface area contributed by atoms with Gasteiger partial charge in [-0.15, -0.1) is 0 Å². The number of hydrogen-bond acceptors (Lipinski definition) is 4. The highest BCUT2D eigenvalue weighted by Gasteiger charge is 2.25. The summed E-state index contributed by atoms with van der Waals surface area (Å²) in [5, 5.41) is 14.5. The maximum Gasteiger partial charge on any atom is 0.341 e. The van der Waals surface area contributed by atoms with Gasteiger partial charge in [0.25, 0.3) is 11.8 Å². The van der Waals surface area contributed by atoms with Crippen LogP contribution in [-0.2, 0) is 4.79 Å². The number of aliphatic carboxylic acids is 1. The summed E-state index contributed by atoms with van der Waals surface area (Å²) in [5.74, 6) is -1.18. The van der Waals surface area contributed by atoms with Crippen LogP contribution in [0.25, 0.3) is 0 Å². The number of nitrogens with one attached hydrogen (secondary N) is 2. The highest BCUT2D eigenvalue weighted by Crippen LogP contribution is 2.26. The molecule has 7 nitrogen and oxygen atoms in total.